The molecule has 0 fully saturated rings. The molecule has 4 heteroatoms. The predicted octanol–water partition coefficient (Wildman–Crippen LogP) is 4.82. The minimum atomic E-state index is 0.345. The summed E-state index contributed by atoms with van der Waals surface area (Å²) >= 11 is 12.1. The van der Waals surface area contributed by atoms with Crippen LogP contribution in [0.25, 0.3) is 11.1 Å². The Hall–Kier alpha value is -3.58. The molecule has 2 nitrogen and oxygen atoms in total. The average molecular weight is 417 g/mol. The van der Waals surface area contributed by atoms with Gasteiger partial charge in [-0.3, -0.25) is 0 Å². The smallest absolute Gasteiger partial charge is 0.140 e. The first-order valence-corrected chi connectivity index (χ1v) is 9.35. The fourth-order valence-corrected chi connectivity index (χ4v) is 2.78. The number of rotatable bonds is 5. The Balaban J connectivity index is 2.14. The highest BCUT2D eigenvalue weighted by Gasteiger charge is 2.11. The molecule has 2 aromatic carbocycles. The molecule has 0 radical (unpaired) electrons. The van der Waals surface area contributed by atoms with Gasteiger partial charge >= 0.3 is 0 Å². The number of benzene rings is 2. The van der Waals surface area contributed by atoms with E-state index in [1.54, 1.807) is 7.11 Å². The molecule has 140 valence electrons. The predicted molar refractivity (Wildman–Crippen MR) is 118 cm³/mol. The molecule has 29 heavy (non-hydrogen) atoms. The van der Waals surface area contributed by atoms with Crippen molar-refractivity contribution in [2.45, 2.75) is 11.8 Å². The Kier molecular flexibility index (Phi) is 8.98. The molecule has 0 heterocycles. The first-order valence-electron chi connectivity index (χ1n) is 8.28. The number of methoxy groups -OCH3 is 1. The summed E-state index contributed by atoms with van der Waals surface area (Å²) < 4.78 is 10.7. The number of alkyl halides is 2. The van der Waals surface area contributed by atoms with Crippen LogP contribution in [0, 0.1) is 59.9 Å². The molecule has 2 rings (SSSR count). The first-order chi connectivity index (χ1) is 14.2. The van der Waals surface area contributed by atoms with E-state index in [1.165, 1.54) is 0 Å². The molecule has 2 aromatic rings. The highest BCUT2D eigenvalue weighted by atomic mass is 35.5. The number of hydrogen-bond donors (Lipinski definition) is 0. The maximum atomic E-state index is 6.11. The Labute approximate surface area is 181 Å². The minimum absolute atomic E-state index is 0.345. The minimum Gasteiger partial charge on any atom is -0.496 e. The Morgan fingerprint density at radius 3 is 2.03 bits per heavy atom. The van der Waals surface area contributed by atoms with Crippen molar-refractivity contribution in [3.63, 3.8) is 0 Å². The zero-order valence-electron chi connectivity index (χ0n) is 15.5. The van der Waals surface area contributed by atoms with Crippen LogP contribution in [0.5, 0.6) is 11.5 Å². The van der Waals surface area contributed by atoms with E-state index in [0.717, 1.165) is 28.0 Å². The summed E-state index contributed by atoms with van der Waals surface area (Å²) in [6.07, 6.45) is 7.47. The first kappa shape index (κ1) is 21.7. The zero-order chi connectivity index (χ0) is 20.9. The second kappa shape index (κ2) is 12.0. The van der Waals surface area contributed by atoms with Crippen LogP contribution >= 0.6 is 23.2 Å². The maximum Gasteiger partial charge on any atom is 0.140 e. The van der Waals surface area contributed by atoms with E-state index in [9.17, 15) is 0 Å². The van der Waals surface area contributed by atoms with E-state index in [2.05, 4.69) is 53.5 Å². The lowest BCUT2D eigenvalue weighted by Crippen LogP contribution is -1.95. The monoisotopic (exact) mass is 416 g/mol. The molecular weight excluding hydrogens is 403 g/mol. The van der Waals surface area contributed by atoms with Crippen LogP contribution in [0.1, 0.15) is 11.1 Å². The molecule has 0 aliphatic rings. The average Bonchev–Trinajstić information content (AvgIpc) is 2.77. The van der Waals surface area contributed by atoms with Crippen molar-refractivity contribution in [2.24, 2.45) is 0 Å². The molecule has 0 aromatic heterocycles. The summed E-state index contributed by atoms with van der Waals surface area (Å²) in [4.78, 5) is 0. The van der Waals surface area contributed by atoms with Gasteiger partial charge in [-0.1, -0.05) is 12.1 Å². The van der Waals surface area contributed by atoms with Crippen molar-refractivity contribution < 1.29 is 9.47 Å². The molecule has 0 aliphatic heterocycles. The van der Waals surface area contributed by atoms with Crippen molar-refractivity contribution in [3.8, 4) is 82.5 Å². The molecule has 0 aliphatic carbocycles. The Morgan fingerprint density at radius 2 is 1.45 bits per heavy atom. The van der Waals surface area contributed by atoms with Crippen molar-refractivity contribution in [1.29, 1.82) is 0 Å². The summed E-state index contributed by atoms with van der Waals surface area (Å²) in [6.45, 7) is 0. The van der Waals surface area contributed by atoms with Crippen molar-refractivity contribution in [2.75, 3.05) is 7.11 Å². The fourth-order valence-electron chi connectivity index (χ4n) is 2.35. The highest BCUT2D eigenvalue weighted by Crippen LogP contribution is 2.33. The van der Waals surface area contributed by atoms with Gasteiger partial charge in [-0.25, -0.2) is 0 Å². The highest BCUT2D eigenvalue weighted by molar-refractivity contribution is 6.18. The molecule has 0 atom stereocenters. The lowest BCUT2D eigenvalue weighted by atomic mass is 9.97. The van der Waals surface area contributed by atoms with Crippen LogP contribution in [0.4, 0.5) is 0 Å². The molecule has 0 saturated heterocycles. The van der Waals surface area contributed by atoms with Gasteiger partial charge < -0.3 is 9.47 Å². The molecular formula is C25H14Cl2O2. The quantitative estimate of drug-likeness (QED) is 0.513. The van der Waals surface area contributed by atoms with E-state index in [0.29, 0.717) is 17.5 Å². The fraction of sp³-hybridized carbons (Fsp3) is 0.120. The van der Waals surface area contributed by atoms with Crippen molar-refractivity contribution in [3.05, 3.63) is 47.5 Å². The number of terminal acetylenes is 1. The second-order valence-corrected chi connectivity index (χ2v) is 5.87. The lowest BCUT2D eigenvalue weighted by Gasteiger charge is -2.14. The van der Waals surface area contributed by atoms with E-state index in [4.69, 9.17) is 39.1 Å². The van der Waals surface area contributed by atoms with Gasteiger partial charge in [0.15, 0.2) is 0 Å². The SMILES string of the molecule is C#CC#CC#CC#CC#COc1ccc(-c2cc(CCl)c(OC)cc2CCl)cc1. The normalized spacial score (nSPS) is 8.34. The topological polar surface area (TPSA) is 18.5 Å². The summed E-state index contributed by atoms with van der Waals surface area (Å²) in [5.41, 5.74) is 3.83. The molecule has 0 unspecified atom stereocenters. The molecule has 0 bridgehead atoms. The summed E-state index contributed by atoms with van der Waals surface area (Å²) in [7, 11) is 1.61. The molecule has 0 saturated carbocycles. The van der Waals surface area contributed by atoms with Gasteiger partial charge in [-0.15, -0.1) is 29.6 Å². The van der Waals surface area contributed by atoms with E-state index < -0.39 is 0 Å². The second-order valence-electron chi connectivity index (χ2n) is 5.34. The summed E-state index contributed by atoms with van der Waals surface area (Å²) in [6, 6.07) is 11.4. The van der Waals surface area contributed by atoms with Gasteiger partial charge in [0.05, 0.1) is 13.0 Å². The van der Waals surface area contributed by atoms with Crippen molar-refractivity contribution in [1.82, 2.24) is 0 Å². The molecule has 0 spiro atoms. The van der Waals surface area contributed by atoms with Crippen LogP contribution in [-0.4, -0.2) is 7.11 Å². The third-order valence-corrected chi connectivity index (χ3v) is 4.20. The third-order valence-electron chi connectivity index (χ3n) is 3.63. The van der Waals surface area contributed by atoms with Gasteiger partial charge in [0.1, 0.15) is 17.6 Å². The van der Waals surface area contributed by atoms with Gasteiger partial charge in [0, 0.05) is 35.1 Å². The van der Waals surface area contributed by atoms with Crippen LogP contribution in [0.3, 0.4) is 0 Å². The maximum absolute atomic E-state index is 6.11. The zero-order valence-corrected chi connectivity index (χ0v) is 17.0. The van der Waals surface area contributed by atoms with E-state index >= 15 is 0 Å². The number of halogens is 2. The van der Waals surface area contributed by atoms with Gasteiger partial charge in [0.2, 0.25) is 0 Å². The van der Waals surface area contributed by atoms with Gasteiger partial charge in [0.25, 0.3) is 0 Å². The summed E-state index contributed by atoms with van der Waals surface area (Å²) in [5, 5.41) is 0. The molecule has 0 amide bonds. The Morgan fingerprint density at radius 1 is 0.828 bits per heavy atom. The van der Waals surface area contributed by atoms with Crippen LogP contribution in [0.2, 0.25) is 0 Å². The van der Waals surface area contributed by atoms with Crippen LogP contribution < -0.4 is 9.47 Å². The van der Waals surface area contributed by atoms with Crippen LogP contribution in [-0.2, 0) is 11.8 Å². The number of ether oxygens (including phenoxy) is 2. The van der Waals surface area contributed by atoms with Gasteiger partial charge in [-0.2, -0.15) is 0 Å². The van der Waals surface area contributed by atoms with Crippen LogP contribution in [0.15, 0.2) is 36.4 Å². The largest absolute Gasteiger partial charge is 0.496 e. The van der Waals surface area contributed by atoms with Crippen molar-refractivity contribution >= 4 is 23.2 Å². The van der Waals surface area contributed by atoms with E-state index in [1.807, 2.05) is 36.4 Å². The molecule has 0 N–H and O–H groups in total. The van der Waals surface area contributed by atoms with E-state index in [-0.39, 0.29) is 0 Å². The standard InChI is InChI=1S/C25H14Cl2O2/c1-3-4-5-6-7-8-9-10-15-29-23-13-11-20(12-14-23)24-16-22(19-27)25(28-2)17-21(24)18-26/h1,11-14,16-17H,18-19H2,2H3. The third kappa shape index (κ3) is 6.51. The lowest BCUT2D eigenvalue weighted by molar-refractivity contribution is 0.411. The van der Waals surface area contributed by atoms with Gasteiger partial charge in [-0.05, 0) is 64.6 Å². The number of hydrogen-bond acceptors (Lipinski definition) is 2. The summed E-state index contributed by atoms with van der Waals surface area (Å²) in [5.74, 6) is 21.6. The Bertz CT molecular complexity index is 1160.